The number of hydrogen-bond acceptors (Lipinski definition) is 2. The Labute approximate surface area is 373 Å². The summed E-state index contributed by atoms with van der Waals surface area (Å²) >= 11 is 1.90. The van der Waals surface area contributed by atoms with Crippen molar-refractivity contribution in [1.82, 2.24) is 0 Å². The highest BCUT2D eigenvalue weighted by atomic mass is 32.1. The van der Waals surface area contributed by atoms with Crippen molar-refractivity contribution < 1.29 is 0 Å². The van der Waals surface area contributed by atoms with Crippen molar-refractivity contribution in [3.63, 3.8) is 0 Å². The smallest absolute Gasteiger partial charge is 0.0493 e. The van der Waals surface area contributed by atoms with E-state index >= 15 is 0 Å². The number of fused-ring (bicyclic) bond motifs is 4. The van der Waals surface area contributed by atoms with Gasteiger partial charge in [-0.05, 0) is 115 Å². The molecule has 0 N–H and O–H groups in total. The maximum atomic E-state index is 4.62. The fourth-order valence-corrected chi connectivity index (χ4v) is 10.4. The number of allylic oxidation sites excluding steroid dienone is 4. The van der Waals surface area contributed by atoms with E-state index in [-0.39, 0.29) is 0 Å². The molecule has 0 spiro atoms. The van der Waals surface area contributed by atoms with E-state index in [1.54, 1.807) is 0 Å². The maximum Gasteiger partial charge on any atom is 0.0493 e. The molecule has 1 aliphatic rings. The molecule has 2 heterocycles. The molecule has 11 rings (SSSR count). The molecule has 0 saturated carbocycles. The highest BCUT2D eigenvalue weighted by molar-refractivity contribution is 7.26. The van der Waals surface area contributed by atoms with Crippen molar-refractivity contribution >= 4 is 48.5 Å². The predicted octanol–water partition coefficient (Wildman–Crippen LogP) is 17.3. The van der Waals surface area contributed by atoms with E-state index < -0.39 is 0 Å². The molecular weight excluding hydrogens is 779 g/mol. The molecule has 63 heavy (non-hydrogen) atoms. The minimum Gasteiger partial charge on any atom is -0.337 e. The van der Waals surface area contributed by atoms with Gasteiger partial charge in [0.2, 0.25) is 0 Å². The minimum atomic E-state index is 0.735. The molecule has 0 bridgehead atoms. The van der Waals surface area contributed by atoms with Gasteiger partial charge in [-0.2, -0.15) is 0 Å². The van der Waals surface area contributed by atoms with E-state index in [0.29, 0.717) is 0 Å². The van der Waals surface area contributed by atoms with Crippen LogP contribution in [0.2, 0.25) is 0 Å². The van der Waals surface area contributed by atoms with Crippen LogP contribution in [0.3, 0.4) is 0 Å². The molecule has 0 unspecified atom stereocenters. The fourth-order valence-electron chi connectivity index (χ4n) is 9.02. The molecule has 0 radical (unpaired) electrons. The second-order valence-corrected chi connectivity index (χ2v) is 17.2. The lowest BCUT2D eigenvalue weighted by Crippen LogP contribution is -2.18. The van der Waals surface area contributed by atoms with Crippen molar-refractivity contribution in [3.8, 4) is 66.8 Å². The SMILES string of the molecule is C=C1/C=C\C=C/CN(c2ccc(-c3ccccc3)cc2)c2ccc(-c3cc(-c4ccc(-c5ccccc5)cc4)cc(-c4cccc5c4sc4c(-c6ccccc6)cccc45)c3)cc21. The second-order valence-electron chi connectivity index (χ2n) is 16.1. The molecular formula is C61H43NS. The van der Waals surface area contributed by atoms with Crippen LogP contribution in [0.15, 0.2) is 243 Å². The molecule has 1 aliphatic heterocycles. The zero-order valence-corrected chi connectivity index (χ0v) is 35.6. The first-order chi connectivity index (χ1) is 31.1. The topological polar surface area (TPSA) is 3.24 Å². The zero-order valence-electron chi connectivity index (χ0n) is 34.8. The zero-order chi connectivity index (χ0) is 42.1. The van der Waals surface area contributed by atoms with Crippen LogP contribution in [0.25, 0.3) is 92.5 Å². The van der Waals surface area contributed by atoms with Crippen LogP contribution in [0.5, 0.6) is 0 Å². The second kappa shape index (κ2) is 16.6. The average molecular weight is 822 g/mol. The number of nitrogens with zero attached hydrogens (tertiary/aromatic N) is 1. The summed E-state index contributed by atoms with van der Waals surface area (Å²) in [6.45, 7) is 5.35. The van der Waals surface area contributed by atoms with E-state index in [4.69, 9.17) is 0 Å². The quantitative estimate of drug-likeness (QED) is 0.155. The molecule has 10 aromatic rings. The van der Waals surface area contributed by atoms with Gasteiger partial charge < -0.3 is 4.90 Å². The fraction of sp³-hybridized carbons (Fsp3) is 0.0164. The monoisotopic (exact) mass is 821 g/mol. The highest BCUT2D eigenvalue weighted by Crippen LogP contribution is 2.46. The van der Waals surface area contributed by atoms with Crippen LogP contribution in [0.1, 0.15) is 5.56 Å². The van der Waals surface area contributed by atoms with E-state index in [1.807, 2.05) is 11.3 Å². The van der Waals surface area contributed by atoms with Gasteiger partial charge in [0, 0.05) is 43.7 Å². The lowest BCUT2D eigenvalue weighted by atomic mass is 9.90. The molecule has 2 heteroatoms. The lowest BCUT2D eigenvalue weighted by molar-refractivity contribution is 1.09. The normalized spacial score (nSPS) is 13.6. The lowest BCUT2D eigenvalue weighted by Gasteiger charge is -2.27. The van der Waals surface area contributed by atoms with Gasteiger partial charge in [0.05, 0.1) is 0 Å². The molecule has 298 valence electrons. The molecule has 0 saturated heterocycles. The molecule has 1 nitrogen and oxygen atoms in total. The summed E-state index contributed by atoms with van der Waals surface area (Å²) in [4.78, 5) is 2.39. The largest absolute Gasteiger partial charge is 0.337 e. The molecule has 0 fully saturated rings. The Morgan fingerprint density at radius 3 is 1.44 bits per heavy atom. The molecule has 1 aromatic heterocycles. The predicted molar refractivity (Wildman–Crippen MR) is 273 cm³/mol. The van der Waals surface area contributed by atoms with Crippen molar-refractivity contribution in [3.05, 3.63) is 249 Å². The van der Waals surface area contributed by atoms with Gasteiger partial charge in [-0.1, -0.05) is 201 Å². The van der Waals surface area contributed by atoms with Gasteiger partial charge in [-0.25, -0.2) is 0 Å². The van der Waals surface area contributed by atoms with E-state index in [9.17, 15) is 0 Å². The third-order valence-electron chi connectivity index (χ3n) is 12.3. The Balaban J connectivity index is 1.06. The highest BCUT2D eigenvalue weighted by Gasteiger charge is 2.19. The van der Waals surface area contributed by atoms with Crippen LogP contribution in [-0.4, -0.2) is 6.54 Å². The van der Waals surface area contributed by atoms with E-state index in [2.05, 4.69) is 248 Å². The molecule has 0 aliphatic carbocycles. The number of thiophene rings is 1. The van der Waals surface area contributed by atoms with Gasteiger partial charge >= 0.3 is 0 Å². The van der Waals surface area contributed by atoms with Gasteiger partial charge in [0.25, 0.3) is 0 Å². The van der Waals surface area contributed by atoms with Crippen LogP contribution in [0, 0.1) is 0 Å². The summed E-state index contributed by atoms with van der Waals surface area (Å²) < 4.78 is 2.62. The van der Waals surface area contributed by atoms with Gasteiger partial charge in [-0.3, -0.25) is 0 Å². The molecule has 0 atom stereocenters. The van der Waals surface area contributed by atoms with Crippen molar-refractivity contribution in [2.45, 2.75) is 0 Å². The molecule has 9 aromatic carbocycles. The Morgan fingerprint density at radius 2 is 0.841 bits per heavy atom. The Bertz CT molecular complexity index is 3340. The first-order valence-electron chi connectivity index (χ1n) is 21.6. The van der Waals surface area contributed by atoms with Crippen LogP contribution >= 0.6 is 11.3 Å². The minimum absolute atomic E-state index is 0.735. The summed E-state index contributed by atoms with van der Waals surface area (Å²) in [7, 11) is 0. The van der Waals surface area contributed by atoms with Gasteiger partial charge in [0.15, 0.2) is 0 Å². The van der Waals surface area contributed by atoms with E-state index in [0.717, 1.165) is 40.2 Å². The summed E-state index contributed by atoms with van der Waals surface area (Å²) in [6, 6.07) is 77.5. The first kappa shape index (κ1) is 38.2. The Kier molecular flexibility index (Phi) is 10.0. The Morgan fingerprint density at radius 1 is 0.365 bits per heavy atom. The van der Waals surface area contributed by atoms with Gasteiger partial charge in [0.1, 0.15) is 0 Å². The third kappa shape index (κ3) is 7.41. The number of anilines is 2. The first-order valence-corrected chi connectivity index (χ1v) is 22.4. The number of benzene rings is 9. The molecule has 0 amide bonds. The maximum absolute atomic E-state index is 4.62. The standard InChI is InChI=1S/C61H43NS/c1-42-16-6-5-13-37-62(53-34-31-46(32-35-53)44-19-9-3-10-20-44)59-36-33-49(41-58(42)59)51-38-50(47-29-27-45(28-30-47)43-17-7-2-8-18-43)39-52(40-51)55-24-15-26-57-56-25-14-23-54(60(56)63-61(55)57)48-21-11-4-12-22-48/h2-36,38-41H,1,37H2/b13-5-,16-6-. The number of hydrogen-bond donors (Lipinski definition) is 0. The summed E-state index contributed by atoms with van der Waals surface area (Å²) in [5.41, 5.74) is 18.8. The van der Waals surface area contributed by atoms with Crippen molar-refractivity contribution in [2.24, 2.45) is 0 Å². The van der Waals surface area contributed by atoms with Crippen molar-refractivity contribution in [1.29, 1.82) is 0 Å². The van der Waals surface area contributed by atoms with Crippen LogP contribution in [0.4, 0.5) is 11.4 Å². The number of rotatable bonds is 7. The average Bonchev–Trinajstić information content (AvgIpc) is 3.78. The summed E-state index contributed by atoms with van der Waals surface area (Å²) in [6.07, 6.45) is 8.57. The third-order valence-corrected chi connectivity index (χ3v) is 13.6. The van der Waals surface area contributed by atoms with Crippen LogP contribution < -0.4 is 4.90 Å². The summed E-state index contributed by atoms with van der Waals surface area (Å²) in [5, 5.41) is 2.58. The van der Waals surface area contributed by atoms with Gasteiger partial charge in [-0.15, -0.1) is 11.3 Å². The van der Waals surface area contributed by atoms with E-state index in [1.165, 1.54) is 75.8 Å². The summed E-state index contributed by atoms with van der Waals surface area (Å²) in [5.74, 6) is 0. The Hall–Kier alpha value is -7.78. The van der Waals surface area contributed by atoms with Crippen LogP contribution in [-0.2, 0) is 0 Å². The van der Waals surface area contributed by atoms with Crippen molar-refractivity contribution in [2.75, 3.05) is 11.4 Å².